The van der Waals surface area contributed by atoms with Crippen molar-refractivity contribution in [3.05, 3.63) is 46.2 Å². The molecule has 2 aliphatic rings. The van der Waals surface area contributed by atoms with Gasteiger partial charge >= 0.3 is 17.8 Å². The maximum Gasteiger partial charge on any atom is 0.384 e. The number of nitrogens with zero attached hydrogens (tertiary/aromatic N) is 1. The van der Waals surface area contributed by atoms with Crippen molar-refractivity contribution in [2.45, 2.75) is 34.1 Å². The topological polar surface area (TPSA) is 137 Å². The van der Waals surface area contributed by atoms with Gasteiger partial charge in [-0.25, -0.2) is 14.4 Å². The number of nitrogens with two attached hydrogens (primary N) is 1. The van der Waals surface area contributed by atoms with Gasteiger partial charge in [-0.2, -0.15) is 9.68 Å². The van der Waals surface area contributed by atoms with Crippen molar-refractivity contribution in [1.82, 2.24) is 0 Å². The summed E-state index contributed by atoms with van der Waals surface area (Å²) in [6.45, 7) is 6.66. The first kappa shape index (κ1) is 25.2. The van der Waals surface area contributed by atoms with Gasteiger partial charge in [0, 0.05) is 0 Å². The maximum atomic E-state index is 12.6. The van der Waals surface area contributed by atoms with Gasteiger partial charge in [0.2, 0.25) is 0 Å². The van der Waals surface area contributed by atoms with Crippen LogP contribution >= 0.6 is 0 Å². The average Bonchev–Trinajstić information content (AvgIpc) is 2.87. The van der Waals surface area contributed by atoms with E-state index in [-0.39, 0.29) is 49.7 Å². The molecule has 32 heavy (non-hydrogen) atoms. The smallest absolute Gasteiger partial charge is 0.384 e. The summed E-state index contributed by atoms with van der Waals surface area (Å²) in [5, 5.41) is 12.5. The Morgan fingerprint density at radius 1 is 0.812 bits per heavy atom. The van der Waals surface area contributed by atoms with Crippen molar-refractivity contribution < 1.29 is 38.5 Å². The third-order valence-corrected chi connectivity index (χ3v) is 4.51. The van der Waals surface area contributed by atoms with Crippen molar-refractivity contribution in [2.24, 2.45) is 0 Å². The zero-order valence-electron chi connectivity index (χ0n) is 18.6. The highest BCUT2D eigenvalue weighted by Crippen LogP contribution is 2.39. The molecule has 0 aromatic carbocycles. The van der Waals surface area contributed by atoms with E-state index in [0.29, 0.717) is 16.7 Å². The first-order valence-corrected chi connectivity index (χ1v) is 10.3. The largest absolute Gasteiger partial charge is 0.556 e. The van der Waals surface area contributed by atoms with Gasteiger partial charge in [-0.15, -0.1) is 0 Å². The number of nitrogen functional groups attached to an aromatic ring is 1. The van der Waals surface area contributed by atoms with Crippen LogP contribution in [0.1, 0.15) is 54.0 Å². The molecule has 10 nitrogen and oxygen atoms in total. The molecule has 0 heterocycles. The van der Waals surface area contributed by atoms with Crippen molar-refractivity contribution in [2.75, 3.05) is 32.2 Å². The Kier molecular flexibility index (Phi) is 8.67. The number of ether oxygens (including phenoxy) is 2. The van der Waals surface area contributed by atoms with Crippen molar-refractivity contribution in [1.29, 1.82) is 0 Å². The predicted molar refractivity (Wildman–Crippen MR) is 115 cm³/mol. The van der Waals surface area contributed by atoms with Gasteiger partial charge in [-0.05, 0) is 49.4 Å². The minimum Gasteiger partial charge on any atom is -0.556 e. The Morgan fingerprint density at radius 2 is 1.25 bits per heavy atom. The van der Waals surface area contributed by atoms with Crippen LogP contribution in [0.4, 0.5) is 5.69 Å². The molecule has 0 aromatic heterocycles. The van der Waals surface area contributed by atoms with Crippen LogP contribution in [-0.4, -0.2) is 49.2 Å². The van der Waals surface area contributed by atoms with Crippen LogP contribution in [0, 0.1) is 5.21 Å². The van der Waals surface area contributed by atoms with E-state index in [2.05, 4.69) is 0 Å². The van der Waals surface area contributed by atoms with Crippen molar-refractivity contribution in [3.63, 3.8) is 0 Å². The molecule has 0 saturated heterocycles. The number of hydrogen-bond acceptors (Lipinski definition) is 9. The first-order valence-electron chi connectivity index (χ1n) is 10.3. The quantitative estimate of drug-likeness (QED) is 0.330. The molecule has 0 unspecified atom stereocenters. The number of esters is 2. The lowest BCUT2D eigenvalue weighted by Gasteiger charge is -2.31. The number of hydrogen-bond donors (Lipinski definition) is 1. The molecule has 0 spiro atoms. The summed E-state index contributed by atoms with van der Waals surface area (Å²) in [6, 6.07) is 6.20. The Morgan fingerprint density at radius 3 is 1.62 bits per heavy atom. The van der Waals surface area contributed by atoms with Crippen LogP contribution in [0.25, 0.3) is 11.1 Å². The number of amides is 1. The van der Waals surface area contributed by atoms with E-state index >= 15 is 0 Å². The minimum absolute atomic E-state index is 0.0169. The summed E-state index contributed by atoms with van der Waals surface area (Å²) in [6.07, 6.45) is -0.306. The number of anilines is 1. The van der Waals surface area contributed by atoms with Crippen molar-refractivity contribution >= 4 is 23.5 Å². The zero-order chi connectivity index (χ0) is 23.9. The molecule has 2 N–H and O–H groups in total. The molecule has 1 amide bonds. The van der Waals surface area contributed by atoms with E-state index in [1.54, 1.807) is 52.0 Å². The molecule has 2 aliphatic carbocycles. The summed E-state index contributed by atoms with van der Waals surface area (Å²) in [5.74, 6) is -2.23. The average molecular weight is 448 g/mol. The summed E-state index contributed by atoms with van der Waals surface area (Å²) in [5.41, 5.74) is 7.33. The van der Waals surface area contributed by atoms with Crippen LogP contribution in [0.2, 0.25) is 0 Å². The van der Waals surface area contributed by atoms with Gasteiger partial charge in [-0.1, -0.05) is 24.3 Å². The molecule has 0 bridgehead atoms. The molecular formula is C22H28N2O8. The van der Waals surface area contributed by atoms with E-state index in [1.165, 1.54) is 0 Å². The number of rotatable bonds is 10. The monoisotopic (exact) mass is 448 g/mol. The Labute approximate surface area is 186 Å². The number of hydroxylamine groups is 3. The van der Waals surface area contributed by atoms with Gasteiger partial charge in [0.15, 0.2) is 0 Å². The second-order valence-electron chi connectivity index (χ2n) is 6.58. The molecule has 0 atom stereocenters. The fraction of sp³-hybridized carbons (Fsp3) is 0.409. The fourth-order valence-electron chi connectivity index (χ4n) is 3.22. The lowest BCUT2D eigenvalue weighted by atomic mass is 10.1. The fourth-order valence-corrected chi connectivity index (χ4v) is 3.22. The van der Waals surface area contributed by atoms with Gasteiger partial charge < -0.3 is 20.4 Å². The van der Waals surface area contributed by atoms with Crippen LogP contribution in [-0.2, 0) is 30.4 Å². The molecule has 0 aromatic rings. The first-order chi connectivity index (χ1) is 15.2. The zero-order valence-corrected chi connectivity index (χ0v) is 18.6. The Balaban J connectivity index is 2.55. The highest BCUT2D eigenvalue weighted by Gasteiger charge is 2.33. The van der Waals surface area contributed by atoms with Crippen molar-refractivity contribution in [3.8, 4) is 11.1 Å². The standard InChI is InChI=1S/C22H28N2O8/c1-5-29-21(26)18-15-11-9-14(13-17(25)24(28,31-7-3)32-8-4)10-12-16(15)19(20(18)23)22(27)30-6-2/h9-12H,5-8,13,23H2,1-4H3. The van der Waals surface area contributed by atoms with Gasteiger partial charge in [0.1, 0.15) is 13.2 Å². The Bertz CT molecular complexity index is 898. The second kappa shape index (κ2) is 11.0. The SMILES string of the molecule is CCOC(=O)c1c2ccc(CC(=O)[N+]([O-])(OCC)OCC)ccc-2c(C(=O)OCC)c1N. The highest BCUT2D eigenvalue weighted by molar-refractivity contribution is 6.15. The minimum atomic E-state index is -1.87. The molecular weight excluding hydrogens is 420 g/mol. The third kappa shape index (κ3) is 5.22. The summed E-state index contributed by atoms with van der Waals surface area (Å²) >= 11 is 0. The lowest BCUT2D eigenvalue weighted by Crippen LogP contribution is -2.48. The highest BCUT2D eigenvalue weighted by atomic mass is 17.2. The molecule has 0 aliphatic heterocycles. The van der Waals surface area contributed by atoms with Crippen LogP contribution in [0.3, 0.4) is 0 Å². The summed E-state index contributed by atoms with van der Waals surface area (Å²) in [7, 11) is 0. The summed E-state index contributed by atoms with van der Waals surface area (Å²) < 4.78 is 10.2. The van der Waals surface area contributed by atoms with E-state index in [0.717, 1.165) is 0 Å². The van der Waals surface area contributed by atoms with E-state index in [9.17, 15) is 19.6 Å². The predicted octanol–water partition coefficient (Wildman–Crippen LogP) is 3.01. The van der Waals surface area contributed by atoms with E-state index in [4.69, 9.17) is 24.9 Å². The van der Waals surface area contributed by atoms with Crippen LogP contribution in [0.15, 0.2) is 24.3 Å². The maximum absolute atomic E-state index is 12.6. The molecule has 174 valence electrons. The van der Waals surface area contributed by atoms with Gasteiger partial charge in [0.25, 0.3) is 0 Å². The lowest BCUT2D eigenvalue weighted by molar-refractivity contribution is -1.16. The van der Waals surface area contributed by atoms with E-state index in [1.807, 2.05) is 0 Å². The molecule has 10 heteroatoms. The van der Waals surface area contributed by atoms with E-state index < -0.39 is 22.8 Å². The number of fused-ring (bicyclic) bond motifs is 1. The molecule has 2 rings (SSSR count). The second-order valence-corrected chi connectivity index (χ2v) is 6.58. The number of carbonyl (C=O) groups excluding carboxylic acids is 3. The van der Waals surface area contributed by atoms with Gasteiger partial charge in [0.05, 0.1) is 36.4 Å². The molecule has 0 fully saturated rings. The van der Waals surface area contributed by atoms with Gasteiger partial charge in [-0.3, -0.25) is 0 Å². The van der Waals surface area contributed by atoms with Crippen LogP contribution in [0.5, 0.6) is 0 Å². The summed E-state index contributed by atoms with van der Waals surface area (Å²) in [4.78, 5) is 45.6. The number of carbonyl (C=O) groups is 3. The molecule has 0 saturated carbocycles. The van der Waals surface area contributed by atoms with Crippen LogP contribution < -0.4 is 5.73 Å². The Hall–Kier alpha value is -3.05. The number of quaternary nitrogens is 1. The normalized spacial score (nSPS) is 11.4. The molecule has 0 radical (unpaired) electrons. The third-order valence-electron chi connectivity index (χ3n) is 4.51.